The summed E-state index contributed by atoms with van der Waals surface area (Å²) in [6.45, 7) is 6.49. The minimum atomic E-state index is -0.130. The van der Waals surface area contributed by atoms with E-state index in [9.17, 15) is 4.79 Å². The van der Waals surface area contributed by atoms with Crippen LogP contribution in [0.3, 0.4) is 0 Å². The van der Waals surface area contributed by atoms with Gasteiger partial charge in [-0.05, 0) is 43.9 Å². The second-order valence-corrected chi connectivity index (χ2v) is 6.48. The van der Waals surface area contributed by atoms with Crippen molar-refractivity contribution in [3.05, 3.63) is 41.0 Å². The van der Waals surface area contributed by atoms with Gasteiger partial charge in [-0.15, -0.1) is 0 Å². The molecule has 1 N–H and O–H groups in total. The number of anilines is 1. The lowest BCUT2D eigenvalue weighted by molar-refractivity contribution is 0.184. The molecule has 0 saturated carbocycles. The van der Waals surface area contributed by atoms with Crippen LogP contribution in [0.15, 0.2) is 22.7 Å². The molecule has 2 aromatic rings. The first kappa shape index (κ1) is 16.5. The third-order valence-corrected chi connectivity index (χ3v) is 4.49. The first-order valence-corrected chi connectivity index (χ1v) is 8.49. The van der Waals surface area contributed by atoms with E-state index in [0.29, 0.717) is 18.3 Å². The molecule has 1 aliphatic rings. The highest BCUT2D eigenvalue weighted by Gasteiger charge is 2.30. The van der Waals surface area contributed by atoms with Crippen LogP contribution in [-0.4, -0.2) is 27.6 Å². The minimum Gasteiger partial charge on any atom is -0.340 e. The van der Waals surface area contributed by atoms with Gasteiger partial charge in [-0.3, -0.25) is 0 Å². The van der Waals surface area contributed by atoms with Crippen molar-refractivity contribution in [3.8, 4) is 0 Å². The summed E-state index contributed by atoms with van der Waals surface area (Å²) in [7, 11) is 0. The summed E-state index contributed by atoms with van der Waals surface area (Å²) >= 11 is 0. The molecule has 24 heavy (non-hydrogen) atoms. The average molecular weight is 328 g/mol. The molecule has 1 atom stereocenters. The minimum absolute atomic E-state index is 0.0990. The Balaban J connectivity index is 1.83. The van der Waals surface area contributed by atoms with Gasteiger partial charge in [-0.25, -0.2) is 4.79 Å². The lowest BCUT2D eigenvalue weighted by Gasteiger charge is -2.28. The maximum absolute atomic E-state index is 12.9. The Labute approximate surface area is 142 Å². The molecular weight excluding hydrogens is 304 g/mol. The second-order valence-electron chi connectivity index (χ2n) is 6.48. The molecule has 0 radical (unpaired) electrons. The zero-order chi connectivity index (χ0) is 17.1. The second kappa shape index (κ2) is 7.03. The Morgan fingerprint density at radius 1 is 1.25 bits per heavy atom. The van der Waals surface area contributed by atoms with E-state index in [1.165, 1.54) is 0 Å². The fourth-order valence-electron chi connectivity index (χ4n) is 3.13. The van der Waals surface area contributed by atoms with Gasteiger partial charge in [-0.1, -0.05) is 30.1 Å². The van der Waals surface area contributed by atoms with Gasteiger partial charge in [0.05, 0.1) is 6.04 Å². The summed E-state index contributed by atoms with van der Waals surface area (Å²) in [4.78, 5) is 19.1. The summed E-state index contributed by atoms with van der Waals surface area (Å²) in [6, 6.07) is 5.83. The molecule has 3 rings (SSSR count). The molecular formula is C18H24N4O2. The smallest absolute Gasteiger partial charge is 0.322 e. The molecule has 1 fully saturated rings. The van der Waals surface area contributed by atoms with E-state index < -0.39 is 0 Å². The maximum atomic E-state index is 12.9. The lowest BCUT2D eigenvalue weighted by Crippen LogP contribution is -2.38. The summed E-state index contributed by atoms with van der Waals surface area (Å²) in [5.41, 5.74) is 3.03. The van der Waals surface area contributed by atoms with Gasteiger partial charge in [0.1, 0.15) is 0 Å². The lowest BCUT2D eigenvalue weighted by atomic mass is 10.1. The van der Waals surface area contributed by atoms with Gasteiger partial charge in [0.15, 0.2) is 5.82 Å². The van der Waals surface area contributed by atoms with Gasteiger partial charge in [0, 0.05) is 19.2 Å². The number of aryl methyl sites for hydroxylation is 3. The SMILES string of the molecule is Cc1ccc(C)c(NC(=O)N2CCCCC[C@@H]2c2noc(C)n2)c1. The van der Waals surface area contributed by atoms with E-state index in [1.54, 1.807) is 6.92 Å². The van der Waals surface area contributed by atoms with Crippen molar-refractivity contribution in [2.75, 3.05) is 11.9 Å². The fourth-order valence-corrected chi connectivity index (χ4v) is 3.13. The van der Waals surface area contributed by atoms with Crippen molar-refractivity contribution in [1.82, 2.24) is 15.0 Å². The molecule has 6 heteroatoms. The largest absolute Gasteiger partial charge is 0.340 e. The van der Waals surface area contributed by atoms with Crippen LogP contribution < -0.4 is 5.32 Å². The zero-order valence-electron chi connectivity index (χ0n) is 14.5. The number of hydrogen-bond donors (Lipinski definition) is 1. The van der Waals surface area contributed by atoms with E-state index in [2.05, 4.69) is 15.5 Å². The van der Waals surface area contributed by atoms with Gasteiger partial charge in [-0.2, -0.15) is 4.98 Å². The molecule has 2 heterocycles. The van der Waals surface area contributed by atoms with Crippen molar-refractivity contribution in [2.45, 2.75) is 52.5 Å². The topological polar surface area (TPSA) is 71.3 Å². The van der Waals surface area contributed by atoms with Crippen LogP contribution in [0, 0.1) is 20.8 Å². The Morgan fingerprint density at radius 2 is 2.08 bits per heavy atom. The predicted octanol–water partition coefficient (Wildman–Crippen LogP) is 4.14. The van der Waals surface area contributed by atoms with Gasteiger partial charge >= 0.3 is 6.03 Å². The van der Waals surface area contributed by atoms with Crippen molar-refractivity contribution in [1.29, 1.82) is 0 Å². The molecule has 0 bridgehead atoms. The number of aromatic nitrogens is 2. The number of urea groups is 1. The van der Waals surface area contributed by atoms with Gasteiger partial charge in [0.2, 0.25) is 5.89 Å². The van der Waals surface area contributed by atoms with Crippen LogP contribution in [0.1, 0.15) is 54.6 Å². The average Bonchev–Trinajstić information content (AvgIpc) is 2.83. The van der Waals surface area contributed by atoms with E-state index in [1.807, 2.05) is 36.9 Å². The number of likely N-dealkylation sites (tertiary alicyclic amines) is 1. The monoisotopic (exact) mass is 328 g/mol. The Hall–Kier alpha value is -2.37. The highest BCUT2D eigenvalue weighted by molar-refractivity contribution is 5.90. The van der Waals surface area contributed by atoms with Crippen LogP contribution in [0.4, 0.5) is 10.5 Å². The highest BCUT2D eigenvalue weighted by Crippen LogP contribution is 2.29. The molecule has 1 aliphatic heterocycles. The first-order chi connectivity index (χ1) is 11.5. The molecule has 1 aromatic carbocycles. The summed E-state index contributed by atoms with van der Waals surface area (Å²) in [5.74, 6) is 1.13. The van der Waals surface area contributed by atoms with Crippen LogP contribution in [0.2, 0.25) is 0 Å². The summed E-state index contributed by atoms with van der Waals surface area (Å²) in [6.07, 6.45) is 4.03. The van der Waals surface area contributed by atoms with Crippen LogP contribution in [-0.2, 0) is 0 Å². The molecule has 1 aromatic heterocycles. The standard InChI is InChI=1S/C18H24N4O2/c1-12-8-9-13(2)15(11-12)20-18(23)22-10-6-4-5-7-16(22)17-19-14(3)24-21-17/h8-9,11,16H,4-7,10H2,1-3H3,(H,20,23)/t16-/m1/s1. The third-order valence-electron chi connectivity index (χ3n) is 4.49. The molecule has 6 nitrogen and oxygen atoms in total. The molecule has 0 unspecified atom stereocenters. The Morgan fingerprint density at radius 3 is 2.83 bits per heavy atom. The number of carbonyl (C=O) groups excluding carboxylic acids is 1. The molecule has 0 spiro atoms. The number of rotatable bonds is 2. The van der Waals surface area contributed by atoms with Gasteiger partial charge in [0.25, 0.3) is 0 Å². The van der Waals surface area contributed by atoms with Crippen molar-refractivity contribution in [3.63, 3.8) is 0 Å². The van der Waals surface area contributed by atoms with Crippen molar-refractivity contribution < 1.29 is 9.32 Å². The van der Waals surface area contributed by atoms with Gasteiger partial charge < -0.3 is 14.7 Å². The summed E-state index contributed by atoms with van der Waals surface area (Å²) < 4.78 is 5.12. The highest BCUT2D eigenvalue weighted by atomic mass is 16.5. The fraction of sp³-hybridized carbons (Fsp3) is 0.500. The zero-order valence-corrected chi connectivity index (χ0v) is 14.5. The predicted molar refractivity (Wildman–Crippen MR) is 91.9 cm³/mol. The number of carbonyl (C=O) groups is 1. The Bertz CT molecular complexity index is 726. The van der Waals surface area contributed by atoms with E-state index in [-0.39, 0.29) is 12.1 Å². The number of nitrogens with one attached hydrogen (secondary N) is 1. The molecule has 1 saturated heterocycles. The van der Waals surface area contributed by atoms with Crippen molar-refractivity contribution in [2.24, 2.45) is 0 Å². The molecule has 0 aliphatic carbocycles. The summed E-state index contributed by atoms with van der Waals surface area (Å²) in [5, 5.41) is 7.10. The van der Waals surface area contributed by atoms with Crippen molar-refractivity contribution >= 4 is 11.7 Å². The van der Waals surface area contributed by atoms with Crippen LogP contribution in [0.25, 0.3) is 0 Å². The quantitative estimate of drug-likeness (QED) is 0.899. The third kappa shape index (κ3) is 3.58. The Kier molecular flexibility index (Phi) is 4.83. The van der Waals surface area contributed by atoms with E-state index in [4.69, 9.17) is 4.52 Å². The number of amides is 2. The van der Waals surface area contributed by atoms with Crippen LogP contribution in [0.5, 0.6) is 0 Å². The maximum Gasteiger partial charge on any atom is 0.322 e. The molecule has 128 valence electrons. The molecule has 2 amide bonds. The number of hydrogen-bond acceptors (Lipinski definition) is 4. The van der Waals surface area contributed by atoms with E-state index >= 15 is 0 Å². The first-order valence-electron chi connectivity index (χ1n) is 8.49. The normalized spacial score (nSPS) is 18.3. The van der Waals surface area contributed by atoms with Crippen LogP contribution >= 0.6 is 0 Å². The number of benzene rings is 1. The number of nitrogens with zero attached hydrogens (tertiary/aromatic N) is 3. The van der Waals surface area contributed by atoms with E-state index in [0.717, 1.165) is 42.5 Å².